The molecule has 0 amide bonds. The quantitative estimate of drug-likeness (QED) is 0.539. The van der Waals surface area contributed by atoms with Gasteiger partial charge in [-0.25, -0.2) is 9.78 Å². The van der Waals surface area contributed by atoms with Gasteiger partial charge in [0.25, 0.3) is 0 Å². The van der Waals surface area contributed by atoms with E-state index in [0.717, 1.165) is 22.0 Å². The minimum absolute atomic E-state index is 0.343. The minimum atomic E-state index is -0.477. The molecule has 6 nitrogen and oxygen atoms in total. The number of methoxy groups -OCH3 is 1. The van der Waals surface area contributed by atoms with Crippen molar-refractivity contribution in [1.82, 2.24) is 10.3 Å². The number of aromatic amines is 1. The zero-order valence-corrected chi connectivity index (χ0v) is 15.3. The molecule has 0 aliphatic heterocycles. The lowest BCUT2D eigenvalue weighted by molar-refractivity contribution is -0.660. The first kappa shape index (κ1) is 17.0. The van der Waals surface area contributed by atoms with Crippen molar-refractivity contribution < 1.29 is 13.9 Å². The van der Waals surface area contributed by atoms with Crippen molar-refractivity contribution >= 4 is 23.5 Å². The lowest BCUT2D eigenvalue weighted by Gasteiger charge is -1.97. The zero-order valence-electron chi connectivity index (χ0n) is 14.5. The third-order valence-electron chi connectivity index (χ3n) is 3.96. The van der Waals surface area contributed by atoms with E-state index in [1.807, 2.05) is 72.1 Å². The molecule has 134 valence electrons. The first-order valence-corrected chi connectivity index (χ1v) is 9.09. The molecule has 27 heavy (non-hydrogen) atoms. The number of thiazole rings is 1. The van der Waals surface area contributed by atoms with Crippen molar-refractivity contribution in [2.45, 2.75) is 0 Å². The van der Waals surface area contributed by atoms with Crippen LogP contribution in [0.15, 0.2) is 69.3 Å². The number of hydrogen-bond donors (Lipinski definition) is 1. The molecule has 0 radical (unpaired) electrons. The van der Waals surface area contributed by atoms with Crippen molar-refractivity contribution in [1.29, 1.82) is 0 Å². The maximum Gasteiger partial charge on any atom is 0.437 e. The maximum absolute atomic E-state index is 12.2. The Bertz CT molecular complexity index is 1130. The van der Waals surface area contributed by atoms with Gasteiger partial charge in [0.2, 0.25) is 5.69 Å². The Hall–Kier alpha value is -3.45. The Morgan fingerprint density at radius 2 is 1.89 bits per heavy atom. The van der Waals surface area contributed by atoms with Crippen LogP contribution in [0.5, 0.6) is 5.75 Å². The van der Waals surface area contributed by atoms with Crippen LogP contribution in [0.25, 0.3) is 29.2 Å². The summed E-state index contributed by atoms with van der Waals surface area (Å²) in [4.78, 5) is 16.8. The molecule has 4 aromatic rings. The summed E-state index contributed by atoms with van der Waals surface area (Å²) in [5.41, 5.74) is 2.25. The number of nitrogens with zero attached hydrogens (tertiary/aromatic N) is 2. The molecular weight excluding hydrogens is 362 g/mol. The van der Waals surface area contributed by atoms with Crippen molar-refractivity contribution in [2.75, 3.05) is 7.11 Å². The maximum atomic E-state index is 12.2. The summed E-state index contributed by atoms with van der Waals surface area (Å²) in [5, 5.41) is 5.27. The normalized spacial score (nSPS) is 11.1. The summed E-state index contributed by atoms with van der Waals surface area (Å²) in [6.07, 6.45) is 3.91. The third kappa shape index (κ3) is 3.58. The molecule has 0 bridgehead atoms. The third-order valence-corrected chi connectivity index (χ3v) is 4.77. The Morgan fingerprint density at radius 1 is 1.11 bits per heavy atom. The number of benzene rings is 2. The van der Waals surface area contributed by atoms with Crippen molar-refractivity contribution in [2.24, 2.45) is 0 Å². The van der Waals surface area contributed by atoms with Gasteiger partial charge in [0.15, 0.2) is 5.69 Å². The van der Waals surface area contributed by atoms with Crippen LogP contribution in [0.1, 0.15) is 10.6 Å². The van der Waals surface area contributed by atoms with Crippen LogP contribution >= 0.6 is 11.3 Å². The van der Waals surface area contributed by atoms with Gasteiger partial charge in [-0.15, -0.1) is 11.3 Å². The summed E-state index contributed by atoms with van der Waals surface area (Å²) >= 11 is 1.46. The van der Waals surface area contributed by atoms with E-state index in [1.165, 1.54) is 11.3 Å². The van der Waals surface area contributed by atoms with Gasteiger partial charge < -0.3 is 4.74 Å². The number of nitrogens with one attached hydrogen (secondary N) is 1. The highest BCUT2D eigenvalue weighted by Gasteiger charge is 2.27. The summed E-state index contributed by atoms with van der Waals surface area (Å²) in [5.74, 6) is 0.730. The minimum Gasteiger partial charge on any atom is -0.497 e. The van der Waals surface area contributed by atoms with Crippen molar-refractivity contribution in [3.05, 3.63) is 81.0 Å². The van der Waals surface area contributed by atoms with Gasteiger partial charge in [0, 0.05) is 17.5 Å². The average molecular weight is 378 g/mol. The van der Waals surface area contributed by atoms with Gasteiger partial charge in [-0.1, -0.05) is 36.4 Å². The average Bonchev–Trinajstić information content (AvgIpc) is 3.33. The molecule has 0 atom stereocenters. The van der Waals surface area contributed by atoms with E-state index < -0.39 is 5.63 Å². The van der Waals surface area contributed by atoms with Crippen LogP contribution in [0.3, 0.4) is 0 Å². The topological polar surface area (TPSA) is 72.0 Å². The summed E-state index contributed by atoms with van der Waals surface area (Å²) in [6, 6.07) is 17.3. The molecule has 0 fully saturated rings. The molecule has 4 rings (SSSR count). The molecule has 0 aliphatic carbocycles. The highest BCUT2D eigenvalue weighted by atomic mass is 32.1. The van der Waals surface area contributed by atoms with Crippen LogP contribution in [-0.4, -0.2) is 17.4 Å². The Labute approximate surface area is 159 Å². The fourth-order valence-corrected chi connectivity index (χ4v) is 3.30. The van der Waals surface area contributed by atoms with Gasteiger partial charge in [-0.05, 0) is 33.7 Å². The SMILES string of the molecule is COc1ccc(-[n+]2[nH]oc(=O)c2-c2csc(/C=C/c3ccccc3)n2)cc1. The van der Waals surface area contributed by atoms with Crippen molar-refractivity contribution in [3.8, 4) is 22.8 Å². The predicted molar refractivity (Wildman–Crippen MR) is 104 cm³/mol. The number of hydrogen-bond acceptors (Lipinski definition) is 5. The summed E-state index contributed by atoms with van der Waals surface area (Å²) in [6.45, 7) is 0. The van der Waals surface area contributed by atoms with Gasteiger partial charge in [0.1, 0.15) is 10.8 Å². The van der Waals surface area contributed by atoms with E-state index in [1.54, 1.807) is 11.8 Å². The summed E-state index contributed by atoms with van der Waals surface area (Å²) in [7, 11) is 1.60. The van der Waals surface area contributed by atoms with Crippen molar-refractivity contribution in [3.63, 3.8) is 0 Å². The Kier molecular flexibility index (Phi) is 4.67. The number of aromatic nitrogens is 3. The molecule has 1 N–H and O–H groups in total. The predicted octanol–water partition coefficient (Wildman–Crippen LogP) is 3.55. The van der Waals surface area contributed by atoms with Gasteiger partial charge in [-0.3, -0.25) is 4.52 Å². The van der Waals surface area contributed by atoms with Gasteiger partial charge >= 0.3 is 11.3 Å². The highest BCUT2D eigenvalue weighted by Crippen LogP contribution is 2.20. The molecule has 0 aliphatic rings. The lowest BCUT2D eigenvalue weighted by Crippen LogP contribution is -2.36. The second kappa shape index (κ2) is 7.43. The fourth-order valence-electron chi connectivity index (χ4n) is 2.61. The van der Waals surface area contributed by atoms with Crippen LogP contribution in [0, 0.1) is 0 Å². The standard InChI is InChI=1S/C20H15N3O3S/c1-25-16-10-8-15(9-11-16)23-19(20(24)26-22-23)17-13-27-18(21-17)12-7-14-5-3-2-4-6-14/h2-13H,1H3/p+1/b12-7+. The monoisotopic (exact) mass is 378 g/mol. The first-order chi connectivity index (χ1) is 13.2. The molecule has 2 aromatic carbocycles. The van der Waals surface area contributed by atoms with Crippen LogP contribution in [0.4, 0.5) is 0 Å². The largest absolute Gasteiger partial charge is 0.497 e. The second-order valence-electron chi connectivity index (χ2n) is 5.68. The Morgan fingerprint density at radius 3 is 2.63 bits per heavy atom. The molecule has 2 aromatic heterocycles. The van der Waals surface area contributed by atoms with Crippen LogP contribution in [0.2, 0.25) is 0 Å². The molecule has 0 saturated carbocycles. The molecule has 0 unspecified atom stereocenters. The Balaban J connectivity index is 1.66. The van der Waals surface area contributed by atoms with E-state index >= 15 is 0 Å². The van der Waals surface area contributed by atoms with Crippen LogP contribution < -0.4 is 15.0 Å². The van der Waals surface area contributed by atoms with E-state index in [-0.39, 0.29) is 0 Å². The number of H-pyrrole nitrogens is 1. The van der Waals surface area contributed by atoms with Gasteiger partial charge in [0.05, 0.1) is 7.11 Å². The van der Waals surface area contributed by atoms with E-state index in [0.29, 0.717) is 11.4 Å². The van der Waals surface area contributed by atoms with E-state index in [2.05, 4.69) is 10.3 Å². The molecular formula is C20H16N3O3S+. The second-order valence-corrected chi connectivity index (χ2v) is 6.57. The fraction of sp³-hybridized carbons (Fsp3) is 0.0500. The first-order valence-electron chi connectivity index (χ1n) is 8.21. The number of rotatable bonds is 5. The molecule has 0 saturated heterocycles. The highest BCUT2D eigenvalue weighted by molar-refractivity contribution is 7.10. The smallest absolute Gasteiger partial charge is 0.437 e. The van der Waals surface area contributed by atoms with E-state index in [9.17, 15) is 4.79 Å². The van der Waals surface area contributed by atoms with E-state index in [4.69, 9.17) is 9.26 Å². The molecule has 2 heterocycles. The van der Waals surface area contributed by atoms with Crippen LogP contribution in [-0.2, 0) is 0 Å². The lowest BCUT2D eigenvalue weighted by atomic mass is 10.2. The molecule has 0 spiro atoms. The number of ether oxygens (including phenoxy) is 1. The van der Waals surface area contributed by atoms with Gasteiger partial charge in [-0.2, -0.15) is 0 Å². The summed E-state index contributed by atoms with van der Waals surface area (Å²) < 4.78 is 11.7. The zero-order chi connectivity index (χ0) is 18.6. The molecule has 7 heteroatoms.